The van der Waals surface area contributed by atoms with E-state index in [2.05, 4.69) is 22.5 Å². The van der Waals surface area contributed by atoms with Crippen LogP contribution >= 0.6 is 0 Å². The van der Waals surface area contributed by atoms with Crippen molar-refractivity contribution in [2.75, 3.05) is 39.3 Å². The zero-order valence-corrected chi connectivity index (χ0v) is 13.7. The predicted octanol–water partition coefficient (Wildman–Crippen LogP) is 2.00. The maximum absolute atomic E-state index is 11.9. The van der Waals surface area contributed by atoms with Crippen molar-refractivity contribution in [2.24, 2.45) is 11.8 Å². The molecular formula is C17H33N3O. The Morgan fingerprint density at radius 3 is 2.43 bits per heavy atom. The van der Waals surface area contributed by atoms with E-state index in [0.717, 1.165) is 50.7 Å². The van der Waals surface area contributed by atoms with Gasteiger partial charge in [-0.15, -0.1) is 0 Å². The molecule has 2 N–H and O–H groups in total. The Labute approximate surface area is 130 Å². The SMILES string of the molecule is CCN1CCC(CCNC(=O)CCC2CCNCC2)CC1. The van der Waals surface area contributed by atoms with E-state index in [1.54, 1.807) is 0 Å². The number of nitrogens with zero attached hydrogens (tertiary/aromatic N) is 1. The van der Waals surface area contributed by atoms with E-state index in [0.29, 0.717) is 0 Å². The maximum atomic E-state index is 11.9. The first-order chi connectivity index (χ1) is 10.3. The van der Waals surface area contributed by atoms with Crippen LogP contribution in [-0.4, -0.2) is 50.1 Å². The molecule has 2 saturated heterocycles. The average Bonchev–Trinajstić information content (AvgIpc) is 2.54. The summed E-state index contributed by atoms with van der Waals surface area (Å²) in [7, 11) is 0. The van der Waals surface area contributed by atoms with Crippen molar-refractivity contribution in [2.45, 2.75) is 51.9 Å². The number of carbonyl (C=O) groups excluding carboxylic acids is 1. The third kappa shape index (κ3) is 6.35. The van der Waals surface area contributed by atoms with Gasteiger partial charge in [0, 0.05) is 13.0 Å². The van der Waals surface area contributed by atoms with Crippen molar-refractivity contribution in [1.29, 1.82) is 0 Å². The van der Waals surface area contributed by atoms with Gasteiger partial charge >= 0.3 is 0 Å². The van der Waals surface area contributed by atoms with E-state index < -0.39 is 0 Å². The summed E-state index contributed by atoms with van der Waals surface area (Å²) in [4.78, 5) is 14.4. The van der Waals surface area contributed by atoms with Crippen LogP contribution in [0.15, 0.2) is 0 Å². The molecule has 4 nitrogen and oxygen atoms in total. The second-order valence-electron chi connectivity index (χ2n) is 6.75. The molecule has 4 heteroatoms. The Morgan fingerprint density at radius 1 is 1.10 bits per heavy atom. The summed E-state index contributed by atoms with van der Waals surface area (Å²) in [5.74, 6) is 1.84. The minimum atomic E-state index is 0.263. The molecule has 1 amide bonds. The highest BCUT2D eigenvalue weighted by Crippen LogP contribution is 2.20. The lowest BCUT2D eigenvalue weighted by Gasteiger charge is -2.31. The first-order valence-corrected chi connectivity index (χ1v) is 8.97. The minimum absolute atomic E-state index is 0.263. The fourth-order valence-electron chi connectivity index (χ4n) is 3.60. The van der Waals surface area contributed by atoms with Gasteiger partial charge in [0.2, 0.25) is 5.91 Å². The van der Waals surface area contributed by atoms with E-state index in [1.807, 2.05) is 0 Å². The molecule has 2 aliphatic heterocycles. The lowest BCUT2D eigenvalue weighted by molar-refractivity contribution is -0.121. The molecule has 0 atom stereocenters. The van der Waals surface area contributed by atoms with Crippen molar-refractivity contribution in [3.63, 3.8) is 0 Å². The largest absolute Gasteiger partial charge is 0.356 e. The number of hydrogen-bond donors (Lipinski definition) is 2. The van der Waals surface area contributed by atoms with Gasteiger partial charge in [0.15, 0.2) is 0 Å². The van der Waals surface area contributed by atoms with Crippen molar-refractivity contribution in [3.05, 3.63) is 0 Å². The summed E-state index contributed by atoms with van der Waals surface area (Å²) in [5.41, 5.74) is 0. The van der Waals surface area contributed by atoms with Crippen LogP contribution in [-0.2, 0) is 4.79 Å². The third-order valence-electron chi connectivity index (χ3n) is 5.27. The first kappa shape index (κ1) is 16.8. The zero-order valence-electron chi connectivity index (χ0n) is 13.7. The Balaban J connectivity index is 1.49. The molecule has 0 spiro atoms. The smallest absolute Gasteiger partial charge is 0.220 e. The maximum Gasteiger partial charge on any atom is 0.220 e. The van der Waals surface area contributed by atoms with Crippen LogP contribution in [0, 0.1) is 11.8 Å². The number of carbonyl (C=O) groups is 1. The van der Waals surface area contributed by atoms with Gasteiger partial charge in [-0.2, -0.15) is 0 Å². The molecule has 0 aromatic rings. The highest BCUT2D eigenvalue weighted by atomic mass is 16.1. The van der Waals surface area contributed by atoms with Crippen molar-refractivity contribution < 1.29 is 4.79 Å². The van der Waals surface area contributed by atoms with E-state index in [9.17, 15) is 4.79 Å². The molecule has 2 aliphatic rings. The summed E-state index contributed by atoms with van der Waals surface area (Å²) in [5, 5.41) is 6.50. The highest BCUT2D eigenvalue weighted by molar-refractivity contribution is 5.75. The number of likely N-dealkylation sites (tertiary alicyclic amines) is 1. The van der Waals surface area contributed by atoms with Gasteiger partial charge < -0.3 is 15.5 Å². The standard InChI is InChI=1S/C17H33N3O/c1-2-20-13-8-16(9-14-20)7-12-19-17(21)4-3-15-5-10-18-11-6-15/h15-16,18H,2-14H2,1H3,(H,19,21). The molecule has 0 aromatic carbocycles. The quantitative estimate of drug-likeness (QED) is 0.755. The van der Waals surface area contributed by atoms with Crippen LogP contribution in [0.25, 0.3) is 0 Å². The monoisotopic (exact) mass is 295 g/mol. The summed E-state index contributed by atoms with van der Waals surface area (Å²) < 4.78 is 0. The zero-order chi connectivity index (χ0) is 14.9. The Hall–Kier alpha value is -0.610. The van der Waals surface area contributed by atoms with E-state index >= 15 is 0 Å². The number of nitrogens with one attached hydrogen (secondary N) is 2. The van der Waals surface area contributed by atoms with Gasteiger partial charge in [-0.25, -0.2) is 0 Å². The molecule has 0 bridgehead atoms. The van der Waals surface area contributed by atoms with Crippen LogP contribution in [0.1, 0.15) is 51.9 Å². The molecule has 0 unspecified atom stereocenters. The number of piperidine rings is 2. The highest BCUT2D eigenvalue weighted by Gasteiger charge is 2.18. The second kappa shape index (κ2) is 9.42. The van der Waals surface area contributed by atoms with Gasteiger partial charge in [-0.1, -0.05) is 6.92 Å². The van der Waals surface area contributed by atoms with Gasteiger partial charge in [0.25, 0.3) is 0 Å². The van der Waals surface area contributed by atoms with Crippen LogP contribution in [0.4, 0.5) is 0 Å². The number of rotatable bonds is 7. The Kier molecular flexibility index (Phi) is 7.51. The average molecular weight is 295 g/mol. The summed E-state index contributed by atoms with van der Waals surface area (Å²) in [6.45, 7) is 9.03. The minimum Gasteiger partial charge on any atom is -0.356 e. The summed E-state index contributed by atoms with van der Waals surface area (Å²) in [6.07, 6.45) is 8.04. The normalized spacial score (nSPS) is 22.3. The Bertz CT molecular complexity index is 294. The van der Waals surface area contributed by atoms with E-state index in [-0.39, 0.29) is 5.91 Å². The molecule has 0 saturated carbocycles. The van der Waals surface area contributed by atoms with Crippen LogP contribution in [0.5, 0.6) is 0 Å². The molecule has 2 rings (SSSR count). The van der Waals surface area contributed by atoms with Gasteiger partial charge in [0.1, 0.15) is 0 Å². The van der Waals surface area contributed by atoms with Gasteiger partial charge in [-0.3, -0.25) is 4.79 Å². The molecular weight excluding hydrogens is 262 g/mol. The predicted molar refractivity (Wildman–Crippen MR) is 87.3 cm³/mol. The molecule has 2 heterocycles. The molecule has 122 valence electrons. The molecule has 0 aromatic heterocycles. The van der Waals surface area contributed by atoms with Crippen molar-refractivity contribution in [1.82, 2.24) is 15.5 Å². The van der Waals surface area contributed by atoms with E-state index in [1.165, 1.54) is 45.3 Å². The molecule has 21 heavy (non-hydrogen) atoms. The molecule has 2 fully saturated rings. The summed E-state index contributed by atoms with van der Waals surface area (Å²) in [6, 6.07) is 0. The fourth-order valence-corrected chi connectivity index (χ4v) is 3.60. The number of amides is 1. The van der Waals surface area contributed by atoms with Crippen molar-refractivity contribution >= 4 is 5.91 Å². The lowest BCUT2D eigenvalue weighted by atomic mass is 9.92. The second-order valence-corrected chi connectivity index (χ2v) is 6.75. The van der Waals surface area contributed by atoms with E-state index in [4.69, 9.17) is 0 Å². The summed E-state index contributed by atoms with van der Waals surface area (Å²) >= 11 is 0. The topological polar surface area (TPSA) is 44.4 Å². The van der Waals surface area contributed by atoms with Crippen LogP contribution in [0.2, 0.25) is 0 Å². The third-order valence-corrected chi connectivity index (χ3v) is 5.27. The molecule has 0 aliphatic carbocycles. The lowest BCUT2D eigenvalue weighted by Crippen LogP contribution is -2.35. The van der Waals surface area contributed by atoms with Gasteiger partial charge in [-0.05, 0) is 83.1 Å². The Morgan fingerprint density at radius 2 is 1.76 bits per heavy atom. The van der Waals surface area contributed by atoms with Crippen molar-refractivity contribution in [3.8, 4) is 0 Å². The molecule has 0 radical (unpaired) electrons. The fraction of sp³-hybridized carbons (Fsp3) is 0.941. The van der Waals surface area contributed by atoms with Gasteiger partial charge in [0.05, 0.1) is 0 Å². The number of hydrogen-bond acceptors (Lipinski definition) is 3. The van der Waals surface area contributed by atoms with Crippen LogP contribution in [0.3, 0.4) is 0 Å². The first-order valence-electron chi connectivity index (χ1n) is 8.97. The van der Waals surface area contributed by atoms with Crippen LogP contribution < -0.4 is 10.6 Å².